The molecule has 0 saturated heterocycles. The molecule has 0 aromatic carbocycles. The average Bonchev–Trinajstić information content (AvgIpc) is 2.47. The van der Waals surface area contributed by atoms with Crippen molar-refractivity contribution in [2.75, 3.05) is 11.9 Å². The van der Waals surface area contributed by atoms with Crippen LogP contribution >= 0.6 is 22.9 Å². The van der Waals surface area contributed by atoms with Crippen LogP contribution in [0.15, 0.2) is 17.0 Å². The van der Waals surface area contributed by atoms with E-state index in [1.807, 2.05) is 0 Å². The molecule has 0 spiro atoms. The van der Waals surface area contributed by atoms with E-state index in [2.05, 4.69) is 16.9 Å². The summed E-state index contributed by atoms with van der Waals surface area (Å²) >= 11 is 6.30. The normalized spacial score (nSPS) is 11.4. The molecule has 1 aromatic heterocycles. The second-order valence-electron chi connectivity index (χ2n) is 2.41. The van der Waals surface area contributed by atoms with Crippen molar-refractivity contribution < 1.29 is 13.2 Å². The van der Waals surface area contributed by atoms with E-state index in [0.717, 1.165) is 16.7 Å². The summed E-state index contributed by atoms with van der Waals surface area (Å²) in [6.45, 7) is 3.58. The van der Waals surface area contributed by atoms with Crippen molar-refractivity contribution in [2.24, 2.45) is 0 Å². The monoisotopic (exact) mass is 242 g/mol. The van der Waals surface area contributed by atoms with E-state index in [-0.39, 0.29) is 11.7 Å². The molecule has 1 heterocycles. The average molecular weight is 243 g/mol. The summed E-state index contributed by atoms with van der Waals surface area (Å²) in [5, 5.41) is 4.05. The molecule has 0 unspecified atom stereocenters. The zero-order valence-corrected chi connectivity index (χ0v) is 8.43. The van der Waals surface area contributed by atoms with Gasteiger partial charge in [0.25, 0.3) is 0 Å². The maximum absolute atomic E-state index is 12.1. The standard InChI is InChI=1S/C7H6ClF3N2S/c1-4(8)2-12-6-13-5(3-14-6)7(9,10)11/h3H,1-2H2,(H,12,13). The number of nitrogens with one attached hydrogen (secondary N) is 1. The Morgan fingerprint density at radius 1 is 1.64 bits per heavy atom. The number of halogens is 4. The number of nitrogens with zero attached hydrogens (tertiary/aromatic N) is 1. The summed E-state index contributed by atoms with van der Waals surface area (Å²) in [4.78, 5) is 3.34. The van der Waals surface area contributed by atoms with Gasteiger partial charge in [-0.05, 0) is 0 Å². The molecule has 2 nitrogen and oxygen atoms in total. The van der Waals surface area contributed by atoms with Gasteiger partial charge in [0.2, 0.25) is 0 Å². The van der Waals surface area contributed by atoms with Crippen molar-refractivity contribution in [1.29, 1.82) is 0 Å². The van der Waals surface area contributed by atoms with E-state index in [1.54, 1.807) is 0 Å². The molecule has 0 amide bonds. The predicted molar refractivity (Wildman–Crippen MR) is 50.6 cm³/mol. The topological polar surface area (TPSA) is 24.9 Å². The molecule has 0 saturated carbocycles. The van der Waals surface area contributed by atoms with Gasteiger partial charge in [-0.25, -0.2) is 4.98 Å². The third-order valence-electron chi connectivity index (χ3n) is 1.23. The molecule has 0 atom stereocenters. The maximum Gasteiger partial charge on any atom is 0.434 e. The molecule has 0 aliphatic rings. The van der Waals surface area contributed by atoms with Crippen LogP contribution in [0.3, 0.4) is 0 Å². The molecular weight excluding hydrogens is 237 g/mol. The van der Waals surface area contributed by atoms with Gasteiger partial charge in [-0.3, -0.25) is 0 Å². The van der Waals surface area contributed by atoms with Gasteiger partial charge in [0.1, 0.15) is 0 Å². The lowest BCUT2D eigenvalue weighted by molar-refractivity contribution is -0.140. The van der Waals surface area contributed by atoms with Crippen molar-refractivity contribution in [3.05, 3.63) is 22.7 Å². The Hall–Kier alpha value is -0.750. The Morgan fingerprint density at radius 2 is 2.29 bits per heavy atom. The first-order chi connectivity index (χ1) is 6.39. The SMILES string of the molecule is C=C(Cl)CNc1nc(C(F)(F)F)cs1. The summed E-state index contributed by atoms with van der Waals surface area (Å²) in [6, 6.07) is 0. The fraction of sp³-hybridized carbons (Fsp3) is 0.286. The summed E-state index contributed by atoms with van der Waals surface area (Å²) in [5.41, 5.74) is -0.898. The number of hydrogen-bond acceptors (Lipinski definition) is 3. The summed E-state index contributed by atoms with van der Waals surface area (Å²) in [6.07, 6.45) is -4.39. The number of hydrogen-bond donors (Lipinski definition) is 1. The highest BCUT2D eigenvalue weighted by Gasteiger charge is 2.33. The first-order valence-electron chi connectivity index (χ1n) is 3.49. The number of rotatable bonds is 3. The summed E-state index contributed by atoms with van der Waals surface area (Å²) in [7, 11) is 0. The minimum absolute atomic E-state index is 0.180. The van der Waals surface area contributed by atoms with Crippen molar-refractivity contribution in [3.63, 3.8) is 0 Å². The largest absolute Gasteiger partial charge is 0.434 e. The van der Waals surface area contributed by atoms with Crippen LogP contribution in [0.25, 0.3) is 0 Å². The molecule has 1 aromatic rings. The van der Waals surface area contributed by atoms with Gasteiger partial charge in [-0.1, -0.05) is 18.2 Å². The highest BCUT2D eigenvalue weighted by atomic mass is 35.5. The van der Waals surface area contributed by atoms with Crippen LogP contribution in [0.2, 0.25) is 0 Å². The Morgan fingerprint density at radius 3 is 2.71 bits per heavy atom. The number of thiazole rings is 1. The number of aromatic nitrogens is 1. The summed E-state index contributed by atoms with van der Waals surface area (Å²) < 4.78 is 36.2. The molecule has 0 bridgehead atoms. The van der Waals surface area contributed by atoms with E-state index >= 15 is 0 Å². The van der Waals surface area contributed by atoms with Crippen LogP contribution < -0.4 is 5.32 Å². The van der Waals surface area contributed by atoms with E-state index in [0.29, 0.717) is 5.03 Å². The first-order valence-corrected chi connectivity index (χ1v) is 4.75. The molecule has 1 N–H and O–H groups in total. The zero-order chi connectivity index (χ0) is 10.8. The number of anilines is 1. The number of alkyl halides is 3. The van der Waals surface area contributed by atoms with Crippen molar-refractivity contribution in [3.8, 4) is 0 Å². The Bertz CT molecular complexity index is 334. The minimum Gasteiger partial charge on any atom is -0.357 e. The van der Waals surface area contributed by atoms with Crippen LogP contribution in [-0.2, 0) is 6.18 Å². The smallest absolute Gasteiger partial charge is 0.357 e. The Labute approximate surface area is 87.4 Å². The molecular formula is C7H6ClF3N2S. The second kappa shape index (κ2) is 4.18. The van der Waals surface area contributed by atoms with Gasteiger partial charge in [0.15, 0.2) is 10.8 Å². The fourth-order valence-electron chi connectivity index (χ4n) is 0.657. The van der Waals surface area contributed by atoms with E-state index in [4.69, 9.17) is 11.6 Å². The Balaban J connectivity index is 2.64. The predicted octanol–water partition coefficient (Wildman–Crippen LogP) is 3.33. The van der Waals surface area contributed by atoms with Gasteiger partial charge in [0, 0.05) is 10.4 Å². The van der Waals surface area contributed by atoms with E-state index in [9.17, 15) is 13.2 Å². The van der Waals surface area contributed by atoms with Gasteiger partial charge in [-0.2, -0.15) is 13.2 Å². The van der Waals surface area contributed by atoms with Gasteiger partial charge >= 0.3 is 6.18 Å². The van der Waals surface area contributed by atoms with Crippen LogP contribution in [0.5, 0.6) is 0 Å². The molecule has 7 heteroatoms. The van der Waals surface area contributed by atoms with Crippen LogP contribution in [0, 0.1) is 0 Å². The minimum atomic E-state index is -4.39. The first kappa shape index (κ1) is 11.3. The van der Waals surface area contributed by atoms with Crippen LogP contribution in [0.4, 0.5) is 18.3 Å². The third-order valence-corrected chi connectivity index (χ3v) is 2.16. The van der Waals surface area contributed by atoms with Gasteiger partial charge in [-0.15, -0.1) is 11.3 Å². The maximum atomic E-state index is 12.1. The van der Waals surface area contributed by atoms with Crippen molar-refractivity contribution in [1.82, 2.24) is 4.98 Å². The molecule has 0 aliphatic carbocycles. The lowest BCUT2D eigenvalue weighted by Crippen LogP contribution is -2.06. The van der Waals surface area contributed by atoms with Gasteiger partial charge < -0.3 is 5.32 Å². The van der Waals surface area contributed by atoms with Crippen molar-refractivity contribution >= 4 is 28.1 Å². The Kier molecular flexibility index (Phi) is 3.38. The second-order valence-corrected chi connectivity index (χ2v) is 3.80. The fourth-order valence-corrected chi connectivity index (χ4v) is 1.44. The van der Waals surface area contributed by atoms with Crippen LogP contribution in [-0.4, -0.2) is 11.5 Å². The van der Waals surface area contributed by atoms with Gasteiger partial charge in [0.05, 0.1) is 6.54 Å². The highest BCUT2D eigenvalue weighted by Crippen LogP contribution is 2.31. The molecule has 0 fully saturated rings. The highest BCUT2D eigenvalue weighted by molar-refractivity contribution is 7.13. The molecule has 14 heavy (non-hydrogen) atoms. The van der Waals surface area contributed by atoms with E-state index < -0.39 is 11.9 Å². The lowest BCUT2D eigenvalue weighted by Gasteiger charge is -2.01. The summed E-state index contributed by atoms with van der Waals surface area (Å²) in [5.74, 6) is 0. The van der Waals surface area contributed by atoms with E-state index in [1.165, 1.54) is 0 Å². The molecule has 0 radical (unpaired) electrons. The lowest BCUT2D eigenvalue weighted by atomic mass is 10.5. The molecule has 78 valence electrons. The van der Waals surface area contributed by atoms with Crippen LogP contribution in [0.1, 0.15) is 5.69 Å². The molecule has 1 rings (SSSR count). The third kappa shape index (κ3) is 3.19. The quantitative estimate of drug-likeness (QED) is 0.880. The molecule has 0 aliphatic heterocycles. The zero-order valence-electron chi connectivity index (χ0n) is 6.86. The van der Waals surface area contributed by atoms with Crippen molar-refractivity contribution in [2.45, 2.75) is 6.18 Å².